The smallest absolute Gasteiger partial charge is 0.142 e. The molecule has 0 aliphatic rings. The van der Waals surface area contributed by atoms with E-state index < -0.39 is 0 Å². The van der Waals surface area contributed by atoms with Crippen LogP contribution in [0.2, 0.25) is 0 Å². The zero-order chi connectivity index (χ0) is 11.7. The standard InChI is InChI=1S/C12H16N2S2/c1-7(2)10-5-13-12(16-10)9-6-15-11(14-9)8(3)4/h5-8H,1-4H3. The summed E-state index contributed by atoms with van der Waals surface area (Å²) in [6.07, 6.45) is 1.97. The molecule has 0 amide bonds. The molecule has 2 rings (SSSR count). The fraction of sp³-hybridized carbons (Fsp3) is 0.500. The minimum atomic E-state index is 0.503. The summed E-state index contributed by atoms with van der Waals surface area (Å²) in [4.78, 5) is 10.4. The topological polar surface area (TPSA) is 25.8 Å². The fourth-order valence-corrected chi connectivity index (χ4v) is 3.10. The SMILES string of the molecule is CC(C)c1cnc(-c2csc(C(C)C)n2)s1. The van der Waals surface area contributed by atoms with Crippen molar-refractivity contribution in [3.05, 3.63) is 21.5 Å². The van der Waals surface area contributed by atoms with E-state index in [1.807, 2.05) is 6.20 Å². The molecule has 86 valence electrons. The van der Waals surface area contributed by atoms with E-state index in [1.165, 1.54) is 9.88 Å². The zero-order valence-electron chi connectivity index (χ0n) is 10.0. The molecule has 2 heterocycles. The van der Waals surface area contributed by atoms with Crippen molar-refractivity contribution >= 4 is 22.7 Å². The van der Waals surface area contributed by atoms with Crippen LogP contribution in [0.4, 0.5) is 0 Å². The van der Waals surface area contributed by atoms with E-state index in [4.69, 9.17) is 0 Å². The van der Waals surface area contributed by atoms with Crippen LogP contribution in [0.15, 0.2) is 11.6 Å². The second-order valence-electron chi connectivity index (χ2n) is 4.45. The van der Waals surface area contributed by atoms with Gasteiger partial charge < -0.3 is 0 Å². The summed E-state index contributed by atoms with van der Waals surface area (Å²) < 4.78 is 0. The van der Waals surface area contributed by atoms with Crippen molar-refractivity contribution in [3.63, 3.8) is 0 Å². The zero-order valence-corrected chi connectivity index (χ0v) is 11.7. The predicted octanol–water partition coefficient (Wildman–Crippen LogP) is 4.51. The highest BCUT2D eigenvalue weighted by Gasteiger charge is 2.12. The van der Waals surface area contributed by atoms with Gasteiger partial charge in [-0.2, -0.15) is 0 Å². The third-order valence-electron chi connectivity index (χ3n) is 2.33. The number of rotatable bonds is 3. The van der Waals surface area contributed by atoms with E-state index in [1.54, 1.807) is 22.7 Å². The molecular formula is C12H16N2S2. The molecule has 0 atom stereocenters. The maximum absolute atomic E-state index is 4.62. The minimum absolute atomic E-state index is 0.503. The third kappa shape index (κ3) is 2.33. The molecule has 0 aromatic carbocycles. The van der Waals surface area contributed by atoms with Crippen LogP contribution >= 0.6 is 22.7 Å². The van der Waals surface area contributed by atoms with Gasteiger partial charge in [0.1, 0.15) is 10.7 Å². The molecule has 0 spiro atoms. The van der Waals surface area contributed by atoms with Gasteiger partial charge in [-0.15, -0.1) is 22.7 Å². The van der Waals surface area contributed by atoms with Gasteiger partial charge in [-0.1, -0.05) is 27.7 Å². The average Bonchev–Trinajstić information content (AvgIpc) is 2.86. The van der Waals surface area contributed by atoms with Crippen LogP contribution in [0.3, 0.4) is 0 Å². The quantitative estimate of drug-likeness (QED) is 0.803. The van der Waals surface area contributed by atoms with Crippen LogP contribution in [-0.2, 0) is 0 Å². The molecule has 0 bridgehead atoms. The Bertz CT molecular complexity index is 425. The van der Waals surface area contributed by atoms with Crippen LogP contribution < -0.4 is 0 Å². The van der Waals surface area contributed by atoms with E-state index in [-0.39, 0.29) is 0 Å². The van der Waals surface area contributed by atoms with Gasteiger partial charge in [0.15, 0.2) is 0 Å². The summed E-state index contributed by atoms with van der Waals surface area (Å²) in [7, 11) is 0. The first-order valence-corrected chi connectivity index (χ1v) is 7.19. The molecular weight excluding hydrogens is 236 g/mol. The van der Waals surface area contributed by atoms with Gasteiger partial charge in [0.25, 0.3) is 0 Å². The molecule has 0 aliphatic heterocycles. The first-order valence-electron chi connectivity index (χ1n) is 5.49. The third-order valence-corrected chi connectivity index (χ3v) is 4.79. The summed E-state index contributed by atoms with van der Waals surface area (Å²) in [5, 5.41) is 4.35. The van der Waals surface area contributed by atoms with E-state index >= 15 is 0 Å². The molecule has 0 fully saturated rings. The van der Waals surface area contributed by atoms with Crippen molar-refractivity contribution in [1.82, 2.24) is 9.97 Å². The first kappa shape index (κ1) is 11.7. The maximum atomic E-state index is 4.62. The molecule has 0 saturated carbocycles. The average molecular weight is 252 g/mol. The molecule has 16 heavy (non-hydrogen) atoms. The van der Waals surface area contributed by atoms with E-state index in [2.05, 4.69) is 43.0 Å². The number of aromatic nitrogens is 2. The van der Waals surface area contributed by atoms with Crippen LogP contribution in [0.1, 0.15) is 49.4 Å². The second kappa shape index (κ2) is 4.63. The minimum Gasteiger partial charge on any atom is -0.243 e. The highest BCUT2D eigenvalue weighted by molar-refractivity contribution is 7.15. The molecule has 2 nitrogen and oxygen atoms in total. The Balaban J connectivity index is 2.28. The lowest BCUT2D eigenvalue weighted by Gasteiger charge is -1.96. The van der Waals surface area contributed by atoms with Gasteiger partial charge in [-0.3, -0.25) is 0 Å². The molecule has 0 radical (unpaired) electrons. The van der Waals surface area contributed by atoms with Gasteiger partial charge in [-0.05, 0) is 5.92 Å². The fourth-order valence-electron chi connectivity index (χ4n) is 1.32. The van der Waals surface area contributed by atoms with E-state index in [0.717, 1.165) is 10.7 Å². The lowest BCUT2D eigenvalue weighted by Crippen LogP contribution is -1.84. The molecule has 2 aromatic heterocycles. The maximum Gasteiger partial charge on any atom is 0.142 e. The van der Waals surface area contributed by atoms with Crippen molar-refractivity contribution in [2.75, 3.05) is 0 Å². The normalized spacial score (nSPS) is 11.6. The van der Waals surface area contributed by atoms with E-state index in [9.17, 15) is 0 Å². The number of nitrogens with zero attached hydrogens (tertiary/aromatic N) is 2. The lowest BCUT2D eigenvalue weighted by molar-refractivity contribution is 0.853. The molecule has 4 heteroatoms. The van der Waals surface area contributed by atoms with Crippen LogP contribution in [0, 0.1) is 0 Å². The largest absolute Gasteiger partial charge is 0.243 e. The Morgan fingerprint density at radius 2 is 1.88 bits per heavy atom. The van der Waals surface area contributed by atoms with Gasteiger partial charge in [-0.25, -0.2) is 9.97 Å². The van der Waals surface area contributed by atoms with E-state index in [0.29, 0.717) is 11.8 Å². The summed E-state index contributed by atoms with van der Waals surface area (Å²) >= 11 is 3.48. The van der Waals surface area contributed by atoms with Gasteiger partial charge in [0, 0.05) is 22.4 Å². The van der Waals surface area contributed by atoms with Crippen LogP contribution in [0.25, 0.3) is 10.7 Å². The summed E-state index contributed by atoms with van der Waals surface area (Å²) in [6, 6.07) is 0. The first-order chi connectivity index (χ1) is 7.58. The van der Waals surface area contributed by atoms with Crippen molar-refractivity contribution in [1.29, 1.82) is 0 Å². The van der Waals surface area contributed by atoms with Crippen molar-refractivity contribution < 1.29 is 0 Å². The Kier molecular flexibility index (Phi) is 3.40. The summed E-state index contributed by atoms with van der Waals surface area (Å²) in [6.45, 7) is 8.73. The number of thiazole rings is 2. The summed E-state index contributed by atoms with van der Waals surface area (Å²) in [5.74, 6) is 1.05. The Hall–Kier alpha value is -0.740. The van der Waals surface area contributed by atoms with Crippen molar-refractivity contribution in [2.24, 2.45) is 0 Å². The molecule has 0 unspecified atom stereocenters. The van der Waals surface area contributed by atoms with Crippen LogP contribution in [0.5, 0.6) is 0 Å². The monoisotopic (exact) mass is 252 g/mol. The van der Waals surface area contributed by atoms with Crippen molar-refractivity contribution in [2.45, 2.75) is 39.5 Å². The van der Waals surface area contributed by atoms with Crippen LogP contribution in [-0.4, -0.2) is 9.97 Å². The molecule has 0 aliphatic carbocycles. The number of hydrogen-bond acceptors (Lipinski definition) is 4. The second-order valence-corrected chi connectivity index (χ2v) is 6.40. The van der Waals surface area contributed by atoms with Gasteiger partial charge in [0.05, 0.1) is 5.01 Å². The lowest BCUT2D eigenvalue weighted by atomic mass is 10.2. The Morgan fingerprint density at radius 1 is 1.12 bits per heavy atom. The molecule has 0 saturated heterocycles. The van der Waals surface area contributed by atoms with Crippen molar-refractivity contribution in [3.8, 4) is 10.7 Å². The predicted molar refractivity (Wildman–Crippen MR) is 71.4 cm³/mol. The Morgan fingerprint density at radius 3 is 2.38 bits per heavy atom. The Labute approximate surface area is 104 Å². The highest BCUT2D eigenvalue weighted by Crippen LogP contribution is 2.31. The number of hydrogen-bond donors (Lipinski definition) is 0. The molecule has 0 N–H and O–H groups in total. The highest BCUT2D eigenvalue weighted by atomic mass is 32.1. The summed E-state index contributed by atoms with van der Waals surface area (Å²) in [5.41, 5.74) is 1.03. The van der Waals surface area contributed by atoms with Gasteiger partial charge >= 0.3 is 0 Å². The molecule has 2 aromatic rings. The van der Waals surface area contributed by atoms with Gasteiger partial charge in [0.2, 0.25) is 0 Å².